The smallest absolute Gasteiger partial charge is 0.387 e. The molecule has 0 unspecified atom stereocenters. The molecule has 0 aliphatic rings. The van der Waals surface area contributed by atoms with E-state index >= 15 is 0 Å². The molecule has 0 saturated heterocycles. The molecule has 1 aromatic carbocycles. The third-order valence-corrected chi connectivity index (χ3v) is 2.41. The molecular formula is C10H8BrClF2O2. The van der Waals surface area contributed by atoms with Crippen LogP contribution < -0.4 is 4.74 Å². The maximum Gasteiger partial charge on any atom is 0.387 e. The summed E-state index contributed by atoms with van der Waals surface area (Å²) in [5, 5.41) is 0.756. The Morgan fingerprint density at radius 3 is 2.75 bits per heavy atom. The van der Waals surface area contributed by atoms with Crippen LogP contribution in [-0.4, -0.2) is 17.7 Å². The number of ether oxygens (including phenoxy) is 1. The summed E-state index contributed by atoms with van der Waals surface area (Å²) in [7, 11) is 0. The van der Waals surface area contributed by atoms with Crippen molar-refractivity contribution in [1.29, 1.82) is 0 Å². The van der Waals surface area contributed by atoms with E-state index in [9.17, 15) is 13.6 Å². The summed E-state index contributed by atoms with van der Waals surface area (Å²) in [6.45, 7) is -2.96. The molecule has 0 heterocycles. The monoisotopic (exact) mass is 312 g/mol. The van der Waals surface area contributed by atoms with Crippen LogP contribution in [0.15, 0.2) is 18.2 Å². The molecule has 0 aliphatic carbocycles. The Kier molecular flexibility index (Phi) is 5.15. The van der Waals surface area contributed by atoms with Gasteiger partial charge in [-0.1, -0.05) is 27.5 Å². The first-order valence-corrected chi connectivity index (χ1v) is 5.88. The third-order valence-electron chi connectivity index (χ3n) is 1.78. The van der Waals surface area contributed by atoms with Crippen molar-refractivity contribution in [1.82, 2.24) is 0 Å². The van der Waals surface area contributed by atoms with Crippen LogP contribution in [0.2, 0.25) is 5.02 Å². The summed E-state index contributed by atoms with van der Waals surface area (Å²) in [5.41, 5.74) is 0.0762. The minimum absolute atomic E-state index is 0.0762. The van der Waals surface area contributed by atoms with Crippen molar-refractivity contribution in [2.75, 3.05) is 5.33 Å². The number of carbonyl (C=O) groups is 1. The Morgan fingerprint density at radius 1 is 1.50 bits per heavy atom. The van der Waals surface area contributed by atoms with Crippen LogP contribution >= 0.6 is 27.5 Å². The van der Waals surface area contributed by atoms with Gasteiger partial charge in [0.15, 0.2) is 5.78 Å². The predicted molar refractivity (Wildman–Crippen MR) is 60.8 cm³/mol. The fraction of sp³-hybridized carbons (Fsp3) is 0.300. The van der Waals surface area contributed by atoms with Crippen LogP contribution in [-0.2, 0) is 0 Å². The topological polar surface area (TPSA) is 26.3 Å². The molecule has 0 atom stereocenters. The predicted octanol–water partition coefficient (Wildman–Crippen LogP) is 3.91. The van der Waals surface area contributed by atoms with E-state index in [0.717, 1.165) is 0 Å². The zero-order valence-corrected chi connectivity index (χ0v) is 10.4. The van der Waals surface area contributed by atoms with Gasteiger partial charge in [0.2, 0.25) is 0 Å². The number of rotatable bonds is 5. The highest BCUT2D eigenvalue weighted by molar-refractivity contribution is 9.09. The molecule has 6 heteroatoms. The normalized spacial score (nSPS) is 10.6. The highest BCUT2D eigenvalue weighted by Crippen LogP contribution is 2.25. The van der Waals surface area contributed by atoms with Gasteiger partial charge >= 0.3 is 6.61 Å². The van der Waals surface area contributed by atoms with Gasteiger partial charge in [-0.25, -0.2) is 0 Å². The summed E-state index contributed by atoms with van der Waals surface area (Å²) < 4.78 is 28.4. The minimum Gasteiger partial charge on any atom is -0.434 e. The Bertz CT molecular complexity index is 385. The van der Waals surface area contributed by atoms with Crippen LogP contribution in [0.1, 0.15) is 16.8 Å². The lowest BCUT2D eigenvalue weighted by Crippen LogP contribution is -2.08. The van der Waals surface area contributed by atoms with E-state index in [1.165, 1.54) is 18.2 Å². The van der Waals surface area contributed by atoms with Gasteiger partial charge in [-0.15, -0.1) is 0 Å². The molecule has 0 aromatic heterocycles. The lowest BCUT2D eigenvalue weighted by atomic mass is 10.1. The van der Waals surface area contributed by atoms with E-state index in [1.807, 2.05) is 0 Å². The average molecular weight is 314 g/mol. The van der Waals surface area contributed by atoms with Crippen molar-refractivity contribution in [3.8, 4) is 5.75 Å². The van der Waals surface area contributed by atoms with Crippen LogP contribution in [0, 0.1) is 0 Å². The number of alkyl halides is 3. The number of carbonyl (C=O) groups excluding carboxylic acids is 1. The van der Waals surface area contributed by atoms with E-state index in [1.54, 1.807) is 0 Å². The third kappa shape index (κ3) is 3.72. The largest absolute Gasteiger partial charge is 0.434 e. The van der Waals surface area contributed by atoms with Crippen LogP contribution in [0.3, 0.4) is 0 Å². The van der Waals surface area contributed by atoms with Gasteiger partial charge < -0.3 is 4.74 Å². The molecule has 0 fully saturated rings. The van der Waals surface area contributed by atoms with Gasteiger partial charge in [0, 0.05) is 16.8 Å². The van der Waals surface area contributed by atoms with Crippen LogP contribution in [0.5, 0.6) is 5.75 Å². The van der Waals surface area contributed by atoms with E-state index in [4.69, 9.17) is 11.6 Å². The molecule has 0 saturated carbocycles. The molecule has 0 bridgehead atoms. The van der Waals surface area contributed by atoms with E-state index < -0.39 is 6.61 Å². The van der Waals surface area contributed by atoms with Crippen molar-refractivity contribution >= 4 is 33.3 Å². The number of ketones is 1. The second-order valence-corrected chi connectivity index (χ2v) is 4.11. The molecule has 1 rings (SSSR count). The Labute approximate surface area is 105 Å². The first kappa shape index (κ1) is 13.4. The summed E-state index contributed by atoms with van der Waals surface area (Å²) in [4.78, 5) is 11.6. The lowest BCUT2D eigenvalue weighted by Gasteiger charge is -2.09. The van der Waals surface area contributed by atoms with Gasteiger partial charge in [-0.2, -0.15) is 8.78 Å². The molecule has 0 spiro atoms. The molecular weight excluding hydrogens is 305 g/mol. The molecule has 88 valence electrons. The van der Waals surface area contributed by atoms with E-state index in [-0.39, 0.29) is 23.5 Å². The highest BCUT2D eigenvalue weighted by Gasteiger charge is 2.15. The van der Waals surface area contributed by atoms with Gasteiger partial charge in [0.1, 0.15) is 5.75 Å². The zero-order chi connectivity index (χ0) is 12.1. The highest BCUT2D eigenvalue weighted by atomic mass is 79.9. The van der Waals surface area contributed by atoms with Crippen molar-refractivity contribution in [2.24, 2.45) is 0 Å². The van der Waals surface area contributed by atoms with Gasteiger partial charge in [-0.3, -0.25) is 4.79 Å². The average Bonchev–Trinajstić information content (AvgIpc) is 2.20. The Balaban J connectivity index is 3.02. The molecule has 2 nitrogen and oxygen atoms in total. The van der Waals surface area contributed by atoms with Gasteiger partial charge in [0.05, 0.1) is 5.56 Å². The molecule has 0 N–H and O–H groups in total. The summed E-state index contributed by atoms with van der Waals surface area (Å²) in [6, 6.07) is 3.98. The summed E-state index contributed by atoms with van der Waals surface area (Å²) >= 11 is 8.79. The van der Waals surface area contributed by atoms with Crippen molar-refractivity contribution in [3.63, 3.8) is 0 Å². The second-order valence-electron chi connectivity index (χ2n) is 2.88. The lowest BCUT2D eigenvalue weighted by molar-refractivity contribution is -0.0501. The quantitative estimate of drug-likeness (QED) is 0.608. The number of halogens is 4. The standard InChI is InChI=1S/C10H8BrClF2O2/c11-4-3-8(15)7-5-6(12)1-2-9(7)16-10(13)14/h1-2,5,10H,3-4H2. The molecule has 1 aromatic rings. The fourth-order valence-electron chi connectivity index (χ4n) is 1.14. The number of benzene rings is 1. The summed E-state index contributed by atoms with van der Waals surface area (Å²) in [5.74, 6) is -0.444. The molecule has 0 radical (unpaired) electrons. The maximum absolute atomic E-state index is 12.1. The Morgan fingerprint density at radius 2 is 2.19 bits per heavy atom. The first-order valence-electron chi connectivity index (χ1n) is 4.38. The SMILES string of the molecule is O=C(CCBr)c1cc(Cl)ccc1OC(F)F. The fourth-order valence-corrected chi connectivity index (χ4v) is 1.67. The first-order chi connectivity index (χ1) is 7.54. The molecule has 0 aliphatic heterocycles. The number of Topliss-reactive ketones (excluding diaryl/α,β-unsaturated/α-hetero) is 1. The molecule has 16 heavy (non-hydrogen) atoms. The zero-order valence-electron chi connectivity index (χ0n) is 8.05. The van der Waals surface area contributed by atoms with E-state index in [2.05, 4.69) is 20.7 Å². The molecule has 0 amide bonds. The number of hydrogen-bond acceptors (Lipinski definition) is 2. The summed E-state index contributed by atoms with van der Waals surface area (Å²) in [6.07, 6.45) is 0.194. The minimum atomic E-state index is -2.96. The van der Waals surface area contributed by atoms with Crippen LogP contribution in [0.25, 0.3) is 0 Å². The Hall–Kier alpha value is -0.680. The van der Waals surface area contributed by atoms with Crippen molar-refractivity contribution < 1.29 is 18.3 Å². The number of hydrogen-bond donors (Lipinski definition) is 0. The van der Waals surface area contributed by atoms with Gasteiger partial charge in [0.25, 0.3) is 0 Å². The van der Waals surface area contributed by atoms with E-state index in [0.29, 0.717) is 10.4 Å². The van der Waals surface area contributed by atoms with Crippen LogP contribution in [0.4, 0.5) is 8.78 Å². The van der Waals surface area contributed by atoms with Crippen molar-refractivity contribution in [2.45, 2.75) is 13.0 Å². The van der Waals surface area contributed by atoms with Crippen molar-refractivity contribution in [3.05, 3.63) is 28.8 Å². The maximum atomic E-state index is 12.1. The second kappa shape index (κ2) is 6.15. The van der Waals surface area contributed by atoms with Gasteiger partial charge in [-0.05, 0) is 18.2 Å².